The molecule has 5 heteroatoms. The number of nitrogens with zero attached hydrogens (tertiary/aromatic N) is 3. The number of halogens is 1. The van der Waals surface area contributed by atoms with Crippen LogP contribution in [0, 0.1) is 0 Å². The van der Waals surface area contributed by atoms with Gasteiger partial charge >= 0.3 is 0 Å². The molecule has 0 unspecified atom stereocenters. The van der Waals surface area contributed by atoms with Gasteiger partial charge in [0.15, 0.2) is 0 Å². The highest BCUT2D eigenvalue weighted by atomic mass is 35.5. The Morgan fingerprint density at radius 1 is 1.04 bits per heavy atom. The van der Waals surface area contributed by atoms with Crippen LogP contribution in [0.1, 0.15) is 17.0 Å². The van der Waals surface area contributed by atoms with Crippen molar-refractivity contribution in [1.29, 1.82) is 0 Å². The van der Waals surface area contributed by atoms with Gasteiger partial charge in [-0.15, -0.1) is 0 Å². The predicted octanol–water partition coefficient (Wildman–Crippen LogP) is 3.34. The second kappa shape index (κ2) is 6.75. The number of fused-ring (bicyclic) bond motifs is 1. The van der Waals surface area contributed by atoms with E-state index >= 15 is 0 Å². The first-order valence-corrected chi connectivity index (χ1v) is 8.64. The van der Waals surface area contributed by atoms with Crippen molar-refractivity contribution in [1.82, 2.24) is 20.1 Å². The summed E-state index contributed by atoms with van der Waals surface area (Å²) in [5.74, 6) is 0. The fourth-order valence-corrected chi connectivity index (χ4v) is 3.36. The highest BCUT2D eigenvalue weighted by Gasteiger charge is 2.20. The largest absolute Gasteiger partial charge is 0.316 e. The fourth-order valence-electron chi connectivity index (χ4n) is 3.24. The van der Waals surface area contributed by atoms with Gasteiger partial charge in [0.1, 0.15) is 0 Å². The lowest BCUT2D eigenvalue weighted by atomic mass is 10.0. The molecule has 24 heavy (non-hydrogen) atoms. The van der Waals surface area contributed by atoms with Gasteiger partial charge in [-0.2, -0.15) is 5.10 Å². The third kappa shape index (κ3) is 3.07. The van der Waals surface area contributed by atoms with E-state index in [2.05, 4.69) is 15.0 Å². The summed E-state index contributed by atoms with van der Waals surface area (Å²) in [5, 5.41) is 9.17. The molecule has 0 fully saturated rings. The van der Waals surface area contributed by atoms with Crippen molar-refractivity contribution in [3.63, 3.8) is 0 Å². The molecule has 2 aromatic heterocycles. The van der Waals surface area contributed by atoms with Crippen molar-refractivity contribution in [2.24, 2.45) is 0 Å². The number of aromatic nitrogens is 3. The van der Waals surface area contributed by atoms with Crippen LogP contribution in [0.25, 0.3) is 11.3 Å². The first-order valence-electron chi connectivity index (χ1n) is 8.26. The first kappa shape index (κ1) is 15.4. The van der Waals surface area contributed by atoms with Gasteiger partial charge in [0.05, 0.1) is 17.9 Å². The van der Waals surface area contributed by atoms with Crippen LogP contribution in [0.4, 0.5) is 0 Å². The van der Waals surface area contributed by atoms with Crippen molar-refractivity contribution in [3.05, 3.63) is 70.6 Å². The molecule has 3 heterocycles. The maximum absolute atomic E-state index is 6.04. The normalized spacial score (nSPS) is 14.2. The fraction of sp³-hybridized carbons (Fsp3) is 0.263. The third-order valence-corrected chi connectivity index (χ3v) is 4.66. The molecule has 0 bridgehead atoms. The smallest absolute Gasteiger partial charge is 0.0958 e. The average Bonchev–Trinajstić information content (AvgIpc) is 2.79. The van der Waals surface area contributed by atoms with E-state index in [-0.39, 0.29) is 0 Å². The van der Waals surface area contributed by atoms with Gasteiger partial charge < -0.3 is 5.32 Å². The summed E-state index contributed by atoms with van der Waals surface area (Å²) in [7, 11) is 0. The number of hydrogen-bond acceptors (Lipinski definition) is 3. The summed E-state index contributed by atoms with van der Waals surface area (Å²) >= 11 is 6.04. The van der Waals surface area contributed by atoms with Crippen LogP contribution in [0.5, 0.6) is 0 Å². The summed E-state index contributed by atoms with van der Waals surface area (Å²) in [6, 6.07) is 14.0. The summed E-state index contributed by atoms with van der Waals surface area (Å²) in [6.45, 7) is 2.68. The topological polar surface area (TPSA) is 42.7 Å². The lowest BCUT2D eigenvalue weighted by Gasteiger charge is -2.06. The summed E-state index contributed by atoms with van der Waals surface area (Å²) in [6.07, 6.45) is 3.82. The van der Waals surface area contributed by atoms with Gasteiger partial charge in [0.2, 0.25) is 0 Å². The maximum Gasteiger partial charge on any atom is 0.0958 e. The monoisotopic (exact) mass is 338 g/mol. The molecule has 1 N–H and O–H groups in total. The van der Waals surface area contributed by atoms with Gasteiger partial charge in [-0.05, 0) is 37.2 Å². The zero-order chi connectivity index (χ0) is 16.4. The van der Waals surface area contributed by atoms with Crippen molar-refractivity contribution in [2.75, 3.05) is 13.1 Å². The Morgan fingerprint density at radius 3 is 2.67 bits per heavy atom. The number of pyridine rings is 1. The van der Waals surface area contributed by atoms with E-state index in [1.54, 1.807) is 0 Å². The van der Waals surface area contributed by atoms with Gasteiger partial charge in [-0.25, -0.2) is 0 Å². The van der Waals surface area contributed by atoms with Crippen LogP contribution in [0.3, 0.4) is 0 Å². The van der Waals surface area contributed by atoms with E-state index in [0.29, 0.717) is 6.54 Å². The molecule has 1 aliphatic heterocycles. The molecule has 0 amide bonds. The van der Waals surface area contributed by atoms with Crippen molar-refractivity contribution < 1.29 is 0 Å². The minimum atomic E-state index is 0.705. The molecular formula is C19H19ClN4. The molecular weight excluding hydrogens is 320 g/mol. The molecule has 3 aromatic rings. The van der Waals surface area contributed by atoms with E-state index in [1.807, 2.05) is 48.7 Å². The molecule has 4 rings (SSSR count). The van der Waals surface area contributed by atoms with E-state index in [4.69, 9.17) is 16.7 Å². The molecule has 0 saturated carbocycles. The number of hydrogen-bond donors (Lipinski definition) is 1. The van der Waals surface area contributed by atoms with Crippen LogP contribution >= 0.6 is 11.6 Å². The number of benzene rings is 1. The second-order valence-corrected chi connectivity index (χ2v) is 6.45. The molecule has 0 saturated heterocycles. The van der Waals surface area contributed by atoms with Crippen LogP contribution in [-0.4, -0.2) is 27.9 Å². The minimum Gasteiger partial charge on any atom is -0.316 e. The Balaban J connectivity index is 1.78. The van der Waals surface area contributed by atoms with Crippen LogP contribution < -0.4 is 5.32 Å². The van der Waals surface area contributed by atoms with Crippen LogP contribution in [-0.2, 0) is 19.4 Å². The number of rotatable bonds is 3. The second-order valence-electron chi connectivity index (χ2n) is 6.01. The van der Waals surface area contributed by atoms with Crippen LogP contribution in [0.15, 0.2) is 48.7 Å². The summed E-state index contributed by atoms with van der Waals surface area (Å²) in [4.78, 5) is 4.45. The first-order chi connectivity index (χ1) is 11.8. The van der Waals surface area contributed by atoms with E-state index in [1.165, 1.54) is 11.3 Å². The Morgan fingerprint density at radius 2 is 1.88 bits per heavy atom. The Hall–Kier alpha value is -2.17. The Kier molecular flexibility index (Phi) is 4.32. The Labute approximate surface area is 146 Å². The number of nitrogens with one attached hydrogen (secondary N) is 1. The summed E-state index contributed by atoms with van der Waals surface area (Å²) in [5.41, 5.74) is 5.88. The molecule has 1 aromatic carbocycles. The van der Waals surface area contributed by atoms with Crippen molar-refractivity contribution >= 4 is 11.6 Å². The van der Waals surface area contributed by atoms with Gasteiger partial charge in [-0.3, -0.25) is 9.67 Å². The lowest BCUT2D eigenvalue weighted by Crippen LogP contribution is -2.17. The van der Waals surface area contributed by atoms with Crippen molar-refractivity contribution in [3.8, 4) is 11.3 Å². The zero-order valence-corrected chi connectivity index (χ0v) is 14.1. The highest BCUT2D eigenvalue weighted by molar-refractivity contribution is 6.30. The van der Waals surface area contributed by atoms with Crippen molar-refractivity contribution in [2.45, 2.75) is 19.4 Å². The Bertz CT molecular complexity index is 825. The van der Waals surface area contributed by atoms with E-state index in [0.717, 1.165) is 47.9 Å². The average molecular weight is 339 g/mol. The zero-order valence-electron chi connectivity index (χ0n) is 13.4. The van der Waals surface area contributed by atoms with Gasteiger partial charge in [0.25, 0.3) is 0 Å². The van der Waals surface area contributed by atoms with E-state index in [9.17, 15) is 0 Å². The molecule has 0 radical (unpaired) electrons. The van der Waals surface area contributed by atoms with Gasteiger partial charge in [0, 0.05) is 41.0 Å². The molecule has 0 aliphatic carbocycles. The van der Waals surface area contributed by atoms with Gasteiger partial charge in [-0.1, -0.05) is 29.8 Å². The highest BCUT2D eigenvalue weighted by Crippen LogP contribution is 2.28. The summed E-state index contributed by atoms with van der Waals surface area (Å²) < 4.78 is 2.12. The predicted molar refractivity (Wildman–Crippen MR) is 96.3 cm³/mol. The minimum absolute atomic E-state index is 0.705. The lowest BCUT2D eigenvalue weighted by molar-refractivity contribution is 0.620. The maximum atomic E-state index is 6.04. The third-order valence-electron chi connectivity index (χ3n) is 4.41. The molecule has 4 nitrogen and oxygen atoms in total. The molecule has 122 valence electrons. The molecule has 1 aliphatic rings. The van der Waals surface area contributed by atoms with E-state index < -0.39 is 0 Å². The quantitative estimate of drug-likeness (QED) is 0.796. The molecule has 0 spiro atoms. The standard InChI is InChI=1S/C19H19ClN4/c20-15-6-4-14(5-7-15)19-17-8-11-21-12-9-18(17)24(23-19)13-16-3-1-2-10-22-16/h1-7,10,21H,8-9,11-13H2. The molecule has 0 atom stereocenters. The van der Waals surface area contributed by atoms with Crippen LogP contribution in [0.2, 0.25) is 5.02 Å². The SMILES string of the molecule is Clc1ccc(-c2nn(Cc3ccccn3)c3c2CCNCC3)cc1.